The summed E-state index contributed by atoms with van der Waals surface area (Å²) in [5.74, 6) is -3.54. The zero-order chi connectivity index (χ0) is 12.7. The van der Waals surface area contributed by atoms with Crippen molar-refractivity contribution in [1.29, 1.82) is 0 Å². The van der Waals surface area contributed by atoms with Crippen LogP contribution in [0.3, 0.4) is 0 Å². The van der Waals surface area contributed by atoms with Gasteiger partial charge in [-0.1, -0.05) is 13.5 Å². The normalized spacial score (nSPS) is 13.8. The van der Waals surface area contributed by atoms with E-state index in [4.69, 9.17) is 10.2 Å². The summed E-state index contributed by atoms with van der Waals surface area (Å²) in [7, 11) is 0. The molecule has 0 rings (SSSR count). The summed E-state index contributed by atoms with van der Waals surface area (Å²) in [5, 5.41) is 17.3. The van der Waals surface area contributed by atoms with Gasteiger partial charge in [-0.25, -0.2) is 0 Å². The lowest BCUT2D eigenvalue weighted by molar-refractivity contribution is -0.148. The Labute approximate surface area is 93.8 Å². The van der Waals surface area contributed by atoms with E-state index in [1.807, 2.05) is 0 Å². The number of carbonyl (C=O) groups is 3. The molecule has 0 aromatic carbocycles. The quantitative estimate of drug-likeness (QED) is 0.611. The van der Waals surface area contributed by atoms with Crippen molar-refractivity contribution in [2.24, 2.45) is 11.8 Å². The summed E-state index contributed by atoms with van der Waals surface area (Å²) in [5.41, 5.74) is 0. The second-order valence-corrected chi connectivity index (χ2v) is 3.85. The molecule has 0 saturated carbocycles. The average molecular weight is 228 g/mol. The number of aliphatic carboxylic acids is 2. The lowest BCUT2D eigenvalue weighted by Gasteiger charge is -2.14. The van der Waals surface area contributed by atoms with Crippen molar-refractivity contribution in [3.8, 4) is 0 Å². The topological polar surface area (TPSA) is 91.7 Å². The molecule has 90 valence electrons. The van der Waals surface area contributed by atoms with E-state index in [9.17, 15) is 14.4 Å². The standard InChI is InChI=1S/C11H16O5/c1-3-9(12)5-7(2)4-8(11(15)16)6-10(13)14/h3,7-8H,1,4-6H2,2H3,(H,13,14)(H,15,16). The molecule has 0 aromatic rings. The largest absolute Gasteiger partial charge is 0.481 e. The first-order chi connectivity index (χ1) is 7.36. The maximum absolute atomic E-state index is 11.0. The first kappa shape index (κ1) is 14.3. The van der Waals surface area contributed by atoms with Crippen LogP contribution in [0, 0.1) is 11.8 Å². The molecule has 0 aliphatic heterocycles. The van der Waals surface area contributed by atoms with Gasteiger partial charge in [-0.3, -0.25) is 14.4 Å². The Morgan fingerprint density at radius 2 is 1.81 bits per heavy atom. The summed E-state index contributed by atoms with van der Waals surface area (Å²) < 4.78 is 0. The lowest BCUT2D eigenvalue weighted by Crippen LogP contribution is -2.21. The van der Waals surface area contributed by atoms with Crippen molar-refractivity contribution in [3.05, 3.63) is 12.7 Å². The lowest BCUT2D eigenvalue weighted by atomic mass is 9.90. The van der Waals surface area contributed by atoms with Gasteiger partial charge in [0.15, 0.2) is 5.78 Å². The van der Waals surface area contributed by atoms with Crippen LogP contribution >= 0.6 is 0 Å². The van der Waals surface area contributed by atoms with E-state index in [1.54, 1.807) is 6.92 Å². The molecule has 2 N–H and O–H groups in total. The molecule has 0 radical (unpaired) electrons. The molecule has 0 amide bonds. The van der Waals surface area contributed by atoms with Gasteiger partial charge in [-0.05, 0) is 18.4 Å². The van der Waals surface area contributed by atoms with E-state index in [0.717, 1.165) is 0 Å². The van der Waals surface area contributed by atoms with Crippen LogP contribution in [-0.4, -0.2) is 27.9 Å². The van der Waals surface area contributed by atoms with Gasteiger partial charge in [0.1, 0.15) is 0 Å². The van der Waals surface area contributed by atoms with Crippen molar-refractivity contribution < 1.29 is 24.6 Å². The van der Waals surface area contributed by atoms with Gasteiger partial charge in [0.2, 0.25) is 0 Å². The van der Waals surface area contributed by atoms with Crippen LogP contribution in [0.1, 0.15) is 26.2 Å². The van der Waals surface area contributed by atoms with Gasteiger partial charge in [0.05, 0.1) is 12.3 Å². The summed E-state index contributed by atoms with van der Waals surface area (Å²) in [6.45, 7) is 5.04. The Balaban J connectivity index is 4.28. The van der Waals surface area contributed by atoms with Gasteiger partial charge in [0.25, 0.3) is 0 Å². The van der Waals surface area contributed by atoms with E-state index in [-0.39, 0.29) is 24.5 Å². The third-order valence-electron chi connectivity index (χ3n) is 2.23. The monoisotopic (exact) mass is 228 g/mol. The van der Waals surface area contributed by atoms with Gasteiger partial charge in [-0.15, -0.1) is 0 Å². The average Bonchev–Trinajstić information content (AvgIpc) is 2.15. The van der Waals surface area contributed by atoms with Crippen molar-refractivity contribution in [3.63, 3.8) is 0 Å². The first-order valence-corrected chi connectivity index (χ1v) is 4.96. The zero-order valence-electron chi connectivity index (χ0n) is 9.18. The number of rotatable bonds is 8. The molecule has 0 saturated heterocycles. The highest BCUT2D eigenvalue weighted by Gasteiger charge is 2.23. The number of carboxylic acids is 2. The third kappa shape index (κ3) is 5.95. The number of carboxylic acid groups (broad SMARTS) is 2. The number of ketones is 1. The van der Waals surface area contributed by atoms with Gasteiger partial charge < -0.3 is 10.2 Å². The van der Waals surface area contributed by atoms with Crippen LogP contribution < -0.4 is 0 Å². The van der Waals surface area contributed by atoms with E-state index in [2.05, 4.69) is 6.58 Å². The number of hydrogen-bond donors (Lipinski definition) is 2. The van der Waals surface area contributed by atoms with Gasteiger partial charge in [-0.2, -0.15) is 0 Å². The Bertz CT molecular complexity index is 295. The molecule has 16 heavy (non-hydrogen) atoms. The summed E-state index contributed by atoms with van der Waals surface area (Å²) in [6.07, 6.45) is 1.15. The second kappa shape index (κ2) is 6.76. The summed E-state index contributed by atoms with van der Waals surface area (Å²) >= 11 is 0. The van der Waals surface area contributed by atoms with Crippen molar-refractivity contribution >= 4 is 17.7 Å². The van der Waals surface area contributed by atoms with Crippen LogP contribution in [-0.2, 0) is 14.4 Å². The molecule has 0 aliphatic rings. The summed E-state index contributed by atoms with van der Waals surface area (Å²) in [6, 6.07) is 0. The molecule has 5 nitrogen and oxygen atoms in total. The van der Waals surface area contributed by atoms with Crippen LogP contribution in [0.2, 0.25) is 0 Å². The predicted octanol–water partition coefficient (Wildman–Crippen LogP) is 1.33. The molecule has 2 unspecified atom stereocenters. The number of allylic oxidation sites excluding steroid dienone is 1. The fourth-order valence-electron chi connectivity index (χ4n) is 1.48. The maximum atomic E-state index is 11.0. The highest BCUT2D eigenvalue weighted by atomic mass is 16.4. The SMILES string of the molecule is C=CC(=O)CC(C)CC(CC(=O)O)C(=O)O. The maximum Gasteiger partial charge on any atom is 0.307 e. The Hall–Kier alpha value is -1.65. The van der Waals surface area contributed by atoms with E-state index in [1.165, 1.54) is 6.08 Å². The molecule has 0 aliphatic carbocycles. The predicted molar refractivity (Wildman–Crippen MR) is 57.0 cm³/mol. The van der Waals surface area contributed by atoms with Gasteiger partial charge >= 0.3 is 11.9 Å². The van der Waals surface area contributed by atoms with Gasteiger partial charge in [0, 0.05) is 6.42 Å². The molecule has 5 heteroatoms. The molecule has 0 fully saturated rings. The Kier molecular flexibility index (Phi) is 6.07. The van der Waals surface area contributed by atoms with E-state index >= 15 is 0 Å². The fourth-order valence-corrected chi connectivity index (χ4v) is 1.48. The number of carbonyl (C=O) groups excluding carboxylic acids is 1. The smallest absolute Gasteiger partial charge is 0.307 e. The highest BCUT2D eigenvalue weighted by Crippen LogP contribution is 2.19. The Morgan fingerprint density at radius 3 is 2.19 bits per heavy atom. The first-order valence-electron chi connectivity index (χ1n) is 4.96. The van der Waals surface area contributed by atoms with Crippen molar-refractivity contribution in [1.82, 2.24) is 0 Å². The number of hydrogen-bond acceptors (Lipinski definition) is 3. The molecule has 0 bridgehead atoms. The summed E-state index contributed by atoms with van der Waals surface area (Å²) in [4.78, 5) is 32.2. The molecule has 0 aromatic heterocycles. The van der Waals surface area contributed by atoms with Crippen molar-refractivity contribution in [2.45, 2.75) is 26.2 Å². The van der Waals surface area contributed by atoms with Crippen LogP contribution in [0.4, 0.5) is 0 Å². The molecule has 0 spiro atoms. The van der Waals surface area contributed by atoms with E-state index in [0.29, 0.717) is 0 Å². The molecular weight excluding hydrogens is 212 g/mol. The van der Waals surface area contributed by atoms with Crippen molar-refractivity contribution in [2.75, 3.05) is 0 Å². The molecular formula is C11H16O5. The minimum Gasteiger partial charge on any atom is -0.481 e. The highest BCUT2D eigenvalue weighted by molar-refractivity contribution is 5.89. The van der Waals surface area contributed by atoms with E-state index < -0.39 is 24.3 Å². The third-order valence-corrected chi connectivity index (χ3v) is 2.23. The van der Waals surface area contributed by atoms with Crippen LogP contribution in [0.15, 0.2) is 12.7 Å². The second-order valence-electron chi connectivity index (χ2n) is 3.85. The van der Waals surface area contributed by atoms with Crippen LogP contribution in [0.25, 0.3) is 0 Å². The minimum absolute atomic E-state index is 0.160. The molecule has 0 heterocycles. The minimum atomic E-state index is -1.14. The Morgan fingerprint density at radius 1 is 1.25 bits per heavy atom. The van der Waals surface area contributed by atoms with Crippen LogP contribution in [0.5, 0.6) is 0 Å². The molecule has 2 atom stereocenters. The zero-order valence-corrected chi connectivity index (χ0v) is 9.18. The fraction of sp³-hybridized carbons (Fsp3) is 0.545.